The molecule has 5 heteroatoms. The molecule has 5 rings (SSSR count). The van der Waals surface area contributed by atoms with E-state index in [4.69, 9.17) is 4.74 Å². The average molecular weight is 504 g/mol. The third kappa shape index (κ3) is 6.13. The Morgan fingerprint density at radius 2 is 1.00 bits per heavy atom. The maximum absolute atomic E-state index is 13.0. The zero-order valence-corrected chi connectivity index (χ0v) is 21.1. The molecule has 1 aliphatic heterocycles. The number of anilines is 1. The number of hydrogen-bond donors (Lipinski definition) is 0. The Balaban J connectivity index is 1.17. The van der Waals surface area contributed by atoms with Crippen LogP contribution in [-0.4, -0.2) is 43.7 Å². The summed E-state index contributed by atoms with van der Waals surface area (Å²) >= 11 is 0. The van der Waals surface area contributed by atoms with Crippen molar-refractivity contribution < 1.29 is 19.1 Å². The summed E-state index contributed by atoms with van der Waals surface area (Å²) in [4.78, 5) is 40.5. The van der Waals surface area contributed by atoms with Gasteiger partial charge in [-0.15, -0.1) is 0 Å². The molecule has 0 spiro atoms. The molecule has 1 fully saturated rings. The Morgan fingerprint density at radius 1 is 0.553 bits per heavy atom. The van der Waals surface area contributed by atoms with Gasteiger partial charge in [-0.3, -0.25) is 14.4 Å². The second-order valence-corrected chi connectivity index (χ2v) is 9.44. The van der Waals surface area contributed by atoms with E-state index < -0.39 is 0 Å². The minimum atomic E-state index is -0.0949. The second kappa shape index (κ2) is 11.8. The topological polar surface area (TPSA) is 63.7 Å². The van der Waals surface area contributed by atoms with Crippen molar-refractivity contribution in [3.05, 3.63) is 137 Å². The predicted octanol–water partition coefficient (Wildman–Crippen LogP) is 5.61. The van der Waals surface area contributed by atoms with Gasteiger partial charge in [-0.2, -0.15) is 0 Å². The molecule has 0 aliphatic carbocycles. The number of ether oxygens (including phenoxy) is 1. The van der Waals surface area contributed by atoms with E-state index in [9.17, 15) is 14.4 Å². The third-order valence-electron chi connectivity index (χ3n) is 6.82. The van der Waals surface area contributed by atoms with E-state index in [2.05, 4.69) is 4.90 Å². The van der Waals surface area contributed by atoms with Gasteiger partial charge in [-0.05, 0) is 35.4 Å². The molecule has 0 radical (unpaired) electrons. The normalized spacial score (nSPS) is 13.2. The highest BCUT2D eigenvalue weighted by atomic mass is 16.5. The molecular weight excluding hydrogens is 474 g/mol. The van der Waals surface area contributed by atoms with Crippen LogP contribution in [0, 0.1) is 0 Å². The summed E-state index contributed by atoms with van der Waals surface area (Å²) in [5, 5.41) is 0. The van der Waals surface area contributed by atoms with Crippen LogP contribution in [0.3, 0.4) is 0 Å². The largest absolute Gasteiger partial charge is 0.378 e. The molecule has 0 saturated carbocycles. The summed E-state index contributed by atoms with van der Waals surface area (Å²) in [6.45, 7) is 3.16. The maximum Gasteiger partial charge on any atom is 0.193 e. The van der Waals surface area contributed by atoms with Crippen molar-refractivity contribution >= 4 is 23.0 Å². The zero-order chi connectivity index (χ0) is 26.3. The van der Waals surface area contributed by atoms with Gasteiger partial charge in [0.15, 0.2) is 17.3 Å². The van der Waals surface area contributed by atoms with Crippen LogP contribution in [0.25, 0.3) is 0 Å². The first-order chi connectivity index (χ1) is 18.6. The Kier molecular flexibility index (Phi) is 7.86. The quantitative estimate of drug-likeness (QED) is 0.278. The molecule has 0 aromatic heterocycles. The summed E-state index contributed by atoms with van der Waals surface area (Å²) in [6, 6.07) is 31.3. The molecule has 4 aromatic rings. The van der Waals surface area contributed by atoms with E-state index in [0.29, 0.717) is 22.3 Å². The van der Waals surface area contributed by atoms with Gasteiger partial charge in [0.05, 0.1) is 13.2 Å². The molecule has 4 aromatic carbocycles. The highest BCUT2D eigenvalue weighted by Crippen LogP contribution is 2.19. The minimum Gasteiger partial charge on any atom is -0.378 e. The molecule has 0 bridgehead atoms. The molecule has 0 atom stereocenters. The fraction of sp³-hybridized carbons (Fsp3) is 0.182. The lowest BCUT2D eigenvalue weighted by atomic mass is 9.97. The van der Waals surface area contributed by atoms with Crippen molar-refractivity contribution in [1.29, 1.82) is 0 Å². The van der Waals surface area contributed by atoms with Crippen LogP contribution in [0.15, 0.2) is 103 Å². The Hall–Kier alpha value is -4.35. The fourth-order valence-electron chi connectivity index (χ4n) is 4.59. The van der Waals surface area contributed by atoms with Crippen LogP contribution < -0.4 is 4.90 Å². The van der Waals surface area contributed by atoms with Crippen LogP contribution in [-0.2, 0) is 17.6 Å². The first-order valence-corrected chi connectivity index (χ1v) is 12.8. The predicted molar refractivity (Wildman–Crippen MR) is 148 cm³/mol. The number of hydrogen-bond acceptors (Lipinski definition) is 5. The van der Waals surface area contributed by atoms with E-state index in [-0.39, 0.29) is 30.2 Å². The van der Waals surface area contributed by atoms with Crippen LogP contribution in [0.2, 0.25) is 0 Å². The lowest BCUT2D eigenvalue weighted by Gasteiger charge is -2.28. The van der Waals surface area contributed by atoms with Crippen LogP contribution >= 0.6 is 0 Å². The van der Waals surface area contributed by atoms with Crippen molar-refractivity contribution in [2.75, 3.05) is 31.2 Å². The number of rotatable bonds is 9. The summed E-state index contributed by atoms with van der Waals surface area (Å²) in [6.07, 6.45) is 0.562. The van der Waals surface area contributed by atoms with Gasteiger partial charge in [0.25, 0.3) is 0 Å². The van der Waals surface area contributed by atoms with Crippen molar-refractivity contribution in [3.8, 4) is 0 Å². The molecule has 1 aliphatic rings. The Morgan fingerprint density at radius 3 is 1.50 bits per heavy atom. The Labute approximate surface area is 222 Å². The van der Waals surface area contributed by atoms with E-state index >= 15 is 0 Å². The molecule has 38 heavy (non-hydrogen) atoms. The number of Topliss-reactive ketones (excluding diaryl/α,β-unsaturated/α-hetero) is 2. The van der Waals surface area contributed by atoms with E-state index in [1.54, 1.807) is 36.4 Å². The molecule has 0 amide bonds. The first-order valence-electron chi connectivity index (χ1n) is 12.8. The van der Waals surface area contributed by atoms with Gasteiger partial charge in [-0.25, -0.2) is 0 Å². The Bertz CT molecular complexity index is 1400. The number of carbonyl (C=O) groups is 3. The minimum absolute atomic E-state index is 0.0400. The molecule has 1 saturated heterocycles. The fourth-order valence-corrected chi connectivity index (χ4v) is 4.59. The number of carbonyl (C=O) groups excluding carboxylic acids is 3. The number of ketones is 3. The molecule has 5 nitrogen and oxygen atoms in total. The SMILES string of the molecule is O=C(Cc1ccc(C(=O)c2ccc(CC(=O)c3ccc(N4CCOCC4)cc3)cc2)cc1)c1ccccc1. The van der Waals surface area contributed by atoms with E-state index in [0.717, 1.165) is 43.1 Å². The molecular formula is C33H29NO4. The highest BCUT2D eigenvalue weighted by Gasteiger charge is 2.14. The first kappa shape index (κ1) is 25.3. The van der Waals surface area contributed by atoms with Crippen molar-refractivity contribution in [2.24, 2.45) is 0 Å². The van der Waals surface area contributed by atoms with Gasteiger partial charge in [0.1, 0.15) is 0 Å². The summed E-state index contributed by atoms with van der Waals surface area (Å²) in [7, 11) is 0. The van der Waals surface area contributed by atoms with Crippen LogP contribution in [0.5, 0.6) is 0 Å². The monoisotopic (exact) mass is 503 g/mol. The molecule has 0 N–H and O–H groups in total. The number of nitrogens with zero attached hydrogens (tertiary/aromatic N) is 1. The number of morpholine rings is 1. The molecule has 0 unspecified atom stereocenters. The molecule has 190 valence electrons. The van der Waals surface area contributed by atoms with Gasteiger partial charge in [0, 0.05) is 53.9 Å². The third-order valence-corrected chi connectivity index (χ3v) is 6.82. The average Bonchev–Trinajstić information content (AvgIpc) is 2.98. The van der Waals surface area contributed by atoms with Crippen molar-refractivity contribution in [2.45, 2.75) is 12.8 Å². The highest BCUT2D eigenvalue weighted by molar-refractivity contribution is 6.09. The van der Waals surface area contributed by atoms with E-state index in [1.807, 2.05) is 66.7 Å². The van der Waals surface area contributed by atoms with Gasteiger partial charge < -0.3 is 9.64 Å². The summed E-state index contributed by atoms with van der Waals surface area (Å²) < 4.78 is 5.40. The van der Waals surface area contributed by atoms with E-state index in [1.165, 1.54) is 0 Å². The van der Waals surface area contributed by atoms with Crippen LogP contribution in [0.4, 0.5) is 5.69 Å². The smallest absolute Gasteiger partial charge is 0.193 e. The van der Waals surface area contributed by atoms with Crippen LogP contribution in [0.1, 0.15) is 47.8 Å². The van der Waals surface area contributed by atoms with Gasteiger partial charge in [0.2, 0.25) is 0 Å². The lowest BCUT2D eigenvalue weighted by Crippen LogP contribution is -2.36. The van der Waals surface area contributed by atoms with Crippen molar-refractivity contribution in [1.82, 2.24) is 0 Å². The number of benzene rings is 4. The molecule has 1 heterocycles. The van der Waals surface area contributed by atoms with Gasteiger partial charge in [-0.1, -0.05) is 78.9 Å². The zero-order valence-electron chi connectivity index (χ0n) is 21.1. The second-order valence-electron chi connectivity index (χ2n) is 9.44. The maximum atomic E-state index is 13.0. The lowest BCUT2D eigenvalue weighted by molar-refractivity contribution is 0.0984. The summed E-state index contributed by atoms with van der Waals surface area (Å²) in [5.41, 5.74) is 5.29. The van der Waals surface area contributed by atoms with Gasteiger partial charge >= 0.3 is 0 Å². The summed E-state index contributed by atoms with van der Waals surface area (Å²) in [5.74, 6) is -0.0105. The van der Waals surface area contributed by atoms with Crippen molar-refractivity contribution in [3.63, 3.8) is 0 Å². The standard InChI is InChI=1S/C33H29NO4/c35-31(26-4-2-1-3-5-26)22-24-6-10-28(11-7-24)33(37)29-12-8-25(9-13-29)23-32(36)27-14-16-30(17-15-27)34-18-20-38-21-19-34/h1-17H,18-23H2.